The lowest BCUT2D eigenvalue weighted by atomic mass is 10.2. The minimum absolute atomic E-state index is 0.586. The SMILES string of the molecule is CC1CCN(c2cc(N)ncc2Br)C1. The summed E-state index contributed by atoms with van der Waals surface area (Å²) in [6, 6.07) is 1.93. The van der Waals surface area contributed by atoms with Crippen LogP contribution in [-0.2, 0) is 0 Å². The number of rotatable bonds is 1. The Morgan fingerprint density at radius 1 is 1.64 bits per heavy atom. The topological polar surface area (TPSA) is 42.1 Å². The van der Waals surface area contributed by atoms with Gasteiger partial charge in [-0.3, -0.25) is 0 Å². The number of nitrogens with zero attached hydrogens (tertiary/aromatic N) is 2. The Hall–Kier alpha value is -0.770. The molecule has 0 bridgehead atoms. The number of nitrogens with two attached hydrogens (primary N) is 1. The lowest BCUT2D eigenvalue weighted by molar-refractivity contribution is 0.659. The van der Waals surface area contributed by atoms with E-state index < -0.39 is 0 Å². The second-order valence-electron chi connectivity index (χ2n) is 3.90. The third kappa shape index (κ3) is 1.85. The van der Waals surface area contributed by atoms with Gasteiger partial charge in [0.05, 0.1) is 10.2 Å². The van der Waals surface area contributed by atoms with Crippen LogP contribution < -0.4 is 10.6 Å². The predicted molar refractivity (Wildman–Crippen MR) is 62.3 cm³/mol. The number of halogens is 1. The summed E-state index contributed by atoms with van der Waals surface area (Å²) in [4.78, 5) is 6.39. The number of pyridine rings is 1. The second kappa shape index (κ2) is 3.77. The van der Waals surface area contributed by atoms with E-state index in [2.05, 4.69) is 32.7 Å². The molecule has 0 amide bonds. The van der Waals surface area contributed by atoms with Gasteiger partial charge in [0.1, 0.15) is 5.82 Å². The van der Waals surface area contributed by atoms with Gasteiger partial charge in [0.15, 0.2) is 0 Å². The monoisotopic (exact) mass is 255 g/mol. The first kappa shape index (κ1) is 9.77. The van der Waals surface area contributed by atoms with E-state index in [-0.39, 0.29) is 0 Å². The Labute approximate surface area is 92.4 Å². The molecular formula is C10H14BrN3. The highest BCUT2D eigenvalue weighted by Crippen LogP contribution is 2.30. The molecule has 1 aromatic rings. The van der Waals surface area contributed by atoms with Gasteiger partial charge < -0.3 is 10.6 Å². The molecule has 1 atom stereocenters. The molecule has 4 heteroatoms. The Morgan fingerprint density at radius 2 is 2.43 bits per heavy atom. The van der Waals surface area contributed by atoms with Crippen LogP contribution in [0.3, 0.4) is 0 Å². The van der Waals surface area contributed by atoms with E-state index >= 15 is 0 Å². The van der Waals surface area contributed by atoms with Crippen LogP contribution in [0, 0.1) is 5.92 Å². The summed E-state index contributed by atoms with van der Waals surface area (Å²) in [6.45, 7) is 4.50. The molecule has 2 heterocycles. The van der Waals surface area contributed by atoms with E-state index in [1.165, 1.54) is 12.1 Å². The highest BCUT2D eigenvalue weighted by atomic mass is 79.9. The molecule has 0 radical (unpaired) electrons. The van der Waals surface area contributed by atoms with E-state index in [4.69, 9.17) is 5.73 Å². The van der Waals surface area contributed by atoms with Crippen molar-refractivity contribution in [2.75, 3.05) is 23.7 Å². The van der Waals surface area contributed by atoms with Crippen molar-refractivity contribution in [3.05, 3.63) is 16.7 Å². The van der Waals surface area contributed by atoms with E-state index in [0.29, 0.717) is 5.82 Å². The molecule has 3 nitrogen and oxygen atoms in total. The third-order valence-corrected chi connectivity index (χ3v) is 3.23. The molecule has 76 valence electrons. The summed E-state index contributed by atoms with van der Waals surface area (Å²) in [5, 5.41) is 0. The lowest BCUT2D eigenvalue weighted by Gasteiger charge is -2.19. The van der Waals surface area contributed by atoms with Crippen LogP contribution in [0.4, 0.5) is 11.5 Å². The molecule has 1 aliphatic heterocycles. The van der Waals surface area contributed by atoms with E-state index in [1.54, 1.807) is 6.20 Å². The van der Waals surface area contributed by atoms with Gasteiger partial charge in [-0.15, -0.1) is 0 Å². The predicted octanol–water partition coefficient (Wildman–Crippen LogP) is 2.27. The standard InChI is InChI=1S/C10H14BrN3/c1-7-2-3-14(6-7)9-4-10(12)13-5-8(9)11/h4-5,7H,2-3,6H2,1H3,(H2,12,13). The van der Waals surface area contributed by atoms with E-state index in [1.807, 2.05) is 6.07 Å². The average Bonchev–Trinajstić information content (AvgIpc) is 2.56. The minimum atomic E-state index is 0.586. The highest BCUT2D eigenvalue weighted by molar-refractivity contribution is 9.10. The van der Waals surface area contributed by atoms with E-state index in [9.17, 15) is 0 Å². The van der Waals surface area contributed by atoms with E-state index in [0.717, 1.165) is 23.5 Å². The first-order valence-electron chi connectivity index (χ1n) is 4.83. The second-order valence-corrected chi connectivity index (χ2v) is 4.75. The van der Waals surface area contributed by atoms with Crippen LogP contribution in [0.5, 0.6) is 0 Å². The third-order valence-electron chi connectivity index (χ3n) is 2.62. The Kier molecular flexibility index (Phi) is 2.63. The molecule has 1 unspecified atom stereocenters. The first-order chi connectivity index (χ1) is 6.66. The zero-order valence-electron chi connectivity index (χ0n) is 8.20. The molecule has 0 aromatic carbocycles. The first-order valence-corrected chi connectivity index (χ1v) is 5.62. The molecular weight excluding hydrogens is 242 g/mol. The molecule has 1 aromatic heterocycles. The van der Waals surface area contributed by atoms with Crippen molar-refractivity contribution in [3.63, 3.8) is 0 Å². The molecule has 0 saturated carbocycles. The fourth-order valence-electron chi connectivity index (χ4n) is 1.84. The van der Waals surface area contributed by atoms with Crippen molar-refractivity contribution in [2.45, 2.75) is 13.3 Å². The van der Waals surface area contributed by atoms with Crippen molar-refractivity contribution in [1.29, 1.82) is 0 Å². The van der Waals surface area contributed by atoms with Crippen LogP contribution in [0.1, 0.15) is 13.3 Å². The van der Waals surface area contributed by atoms with Gasteiger partial charge in [0, 0.05) is 25.4 Å². The van der Waals surface area contributed by atoms with Gasteiger partial charge in [0.25, 0.3) is 0 Å². The summed E-state index contributed by atoms with van der Waals surface area (Å²) in [7, 11) is 0. The van der Waals surface area contributed by atoms with Gasteiger partial charge in [-0.1, -0.05) is 6.92 Å². The summed E-state index contributed by atoms with van der Waals surface area (Å²) < 4.78 is 1.03. The Bertz CT molecular complexity index is 340. The molecule has 1 fully saturated rings. The molecule has 1 saturated heterocycles. The maximum Gasteiger partial charge on any atom is 0.125 e. The van der Waals surface area contributed by atoms with Crippen LogP contribution in [0.2, 0.25) is 0 Å². The van der Waals surface area contributed by atoms with Crippen molar-refractivity contribution < 1.29 is 0 Å². The van der Waals surface area contributed by atoms with Crippen LogP contribution in [-0.4, -0.2) is 18.1 Å². The highest BCUT2D eigenvalue weighted by Gasteiger charge is 2.20. The average molecular weight is 256 g/mol. The van der Waals surface area contributed by atoms with Crippen molar-refractivity contribution >= 4 is 27.4 Å². The van der Waals surface area contributed by atoms with Crippen LogP contribution >= 0.6 is 15.9 Å². The zero-order valence-corrected chi connectivity index (χ0v) is 9.79. The number of hydrogen-bond donors (Lipinski definition) is 1. The number of nitrogen functional groups attached to an aromatic ring is 1. The zero-order chi connectivity index (χ0) is 10.1. The van der Waals surface area contributed by atoms with Crippen molar-refractivity contribution in [2.24, 2.45) is 5.92 Å². The van der Waals surface area contributed by atoms with Crippen LogP contribution in [0.15, 0.2) is 16.7 Å². The molecule has 0 aliphatic carbocycles. The Morgan fingerprint density at radius 3 is 3.07 bits per heavy atom. The quantitative estimate of drug-likeness (QED) is 0.838. The maximum atomic E-state index is 5.67. The van der Waals surface area contributed by atoms with Gasteiger partial charge in [-0.05, 0) is 28.3 Å². The fourth-order valence-corrected chi connectivity index (χ4v) is 2.31. The number of hydrogen-bond acceptors (Lipinski definition) is 3. The van der Waals surface area contributed by atoms with Crippen molar-refractivity contribution in [1.82, 2.24) is 4.98 Å². The normalized spacial score (nSPS) is 21.6. The van der Waals surface area contributed by atoms with Crippen molar-refractivity contribution in [3.8, 4) is 0 Å². The summed E-state index contributed by atoms with van der Waals surface area (Å²) in [5.74, 6) is 1.36. The molecule has 1 aliphatic rings. The lowest BCUT2D eigenvalue weighted by Crippen LogP contribution is -2.19. The Balaban J connectivity index is 2.27. The maximum absolute atomic E-state index is 5.67. The molecule has 2 N–H and O–H groups in total. The van der Waals surface area contributed by atoms with Crippen LogP contribution in [0.25, 0.3) is 0 Å². The number of anilines is 2. The molecule has 0 spiro atoms. The summed E-state index contributed by atoms with van der Waals surface area (Å²) >= 11 is 3.50. The molecule has 2 rings (SSSR count). The summed E-state index contributed by atoms with van der Waals surface area (Å²) in [6.07, 6.45) is 3.03. The van der Waals surface area contributed by atoms with Gasteiger partial charge >= 0.3 is 0 Å². The van der Waals surface area contributed by atoms with Gasteiger partial charge in [-0.2, -0.15) is 0 Å². The molecule has 14 heavy (non-hydrogen) atoms. The fraction of sp³-hybridized carbons (Fsp3) is 0.500. The van der Waals surface area contributed by atoms with Gasteiger partial charge in [-0.25, -0.2) is 4.98 Å². The largest absolute Gasteiger partial charge is 0.384 e. The smallest absolute Gasteiger partial charge is 0.125 e. The summed E-state index contributed by atoms with van der Waals surface area (Å²) in [5.41, 5.74) is 6.84. The van der Waals surface area contributed by atoms with Gasteiger partial charge in [0.2, 0.25) is 0 Å². The minimum Gasteiger partial charge on any atom is -0.384 e. The number of aromatic nitrogens is 1.